The summed E-state index contributed by atoms with van der Waals surface area (Å²) in [5.74, 6) is -2.95. The fraction of sp³-hybridized carbons (Fsp3) is 0.143. The molecular weight excluding hydrogens is 248 g/mol. The highest BCUT2D eigenvalue weighted by Gasteiger charge is 2.30. The minimum Gasteiger partial charge on any atom is -0.477 e. The van der Waals surface area contributed by atoms with E-state index >= 15 is 0 Å². The number of hydrogen-bond donors (Lipinski definition) is 2. The molecule has 0 amide bonds. The number of carboxylic acid groups (broad SMARTS) is 2. The van der Waals surface area contributed by atoms with Gasteiger partial charge in [0.2, 0.25) is 0 Å². The van der Waals surface area contributed by atoms with Crippen molar-refractivity contribution in [3.8, 4) is 0 Å². The molecule has 1 unspecified atom stereocenters. The van der Waals surface area contributed by atoms with Crippen molar-refractivity contribution < 1.29 is 24.5 Å². The molecule has 0 heterocycles. The molecule has 1 aliphatic carbocycles. The van der Waals surface area contributed by atoms with Crippen LogP contribution in [0.25, 0.3) is 11.6 Å². The second-order valence-electron chi connectivity index (χ2n) is 4.00. The Morgan fingerprint density at radius 2 is 1.79 bits per heavy atom. The molecule has 0 radical (unpaired) electrons. The minimum atomic E-state index is -1.48. The number of hydrogen-bond acceptors (Lipinski definition) is 3. The van der Waals surface area contributed by atoms with E-state index in [0.717, 1.165) is 5.56 Å². The summed E-state index contributed by atoms with van der Waals surface area (Å²) in [5.41, 5.74) is 0.840. The standard InChI is InChI=1S/C14H12O5/c1-19-10-7-6-8-4-2-3-5-9(8)11(10)12(13(15)16)14(17)18/h2-7,10H,1H3,(H,15,16)(H,17,18). The Morgan fingerprint density at radius 1 is 1.16 bits per heavy atom. The van der Waals surface area contributed by atoms with Crippen molar-refractivity contribution >= 4 is 23.6 Å². The Balaban J connectivity index is 2.76. The van der Waals surface area contributed by atoms with Crippen LogP contribution in [0.1, 0.15) is 11.1 Å². The summed E-state index contributed by atoms with van der Waals surface area (Å²) in [6, 6.07) is 7.01. The van der Waals surface area contributed by atoms with Crippen LogP contribution >= 0.6 is 0 Å². The minimum absolute atomic E-state index is 0.167. The van der Waals surface area contributed by atoms with Gasteiger partial charge in [-0.05, 0) is 11.1 Å². The van der Waals surface area contributed by atoms with E-state index in [1.807, 2.05) is 0 Å². The number of methoxy groups -OCH3 is 1. The van der Waals surface area contributed by atoms with Crippen LogP contribution in [-0.4, -0.2) is 35.4 Å². The van der Waals surface area contributed by atoms with Crippen molar-refractivity contribution in [1.82, 2.24) is 0 Å². The zero-order valence-electron chi connectivity index (χ0n) is 10.2. The second-order valence-corrected chi connectivity index (χ2v) is 4.00. The third kappa shape index (κ3) is 2.28. The lowest BCUT2D eigenvalue weighted by Gasteiger charge is -2.23. The maximum Gasteiger partial charge on any atom is 0.343 e. The Kier molecular flexibility index (Phi) is 3.48. The van der Waals surface area contributed by atoms with Crippen molar-refractivity contribution in [2.24, 2.45) is 0 Å². The van der Waals surface area contributed by atoms with Gasteiger partial charge in [-0.2, -0.15) is 0 Å². The van der Waals surface area contributed by atoms with Gasteiger partial charge in [0.1, 0.15) is 6.10 Å². The fourth-order valence-corrected chi connectivity index (χ4v) is 2.12. The zero-order valence-corrected chi connectivity index (χ0v) is 10.2. The van der Waals surface area contributed by atoms with Crippen LogP contribution in [0.2, 0.25) is 0 Å². The van der Waals surface area contributed by atoms with Crippen LogP contribution in [0.4, 0.5) is 0 Å². The highest BCUT2D eigenvalue weighted by molar-refractivity contribution is 6.19. The lowest BCUT2D eigenvalue weighted by molar-refractivity contribution is -0.140. The summed E-state index contributed by atoms with van der Waals surface area (Å²) in [4.78, 5) is 22.4. The molecule has 0 saturated carbocycles. The first kappa shape index (κ1) is 13.0. The Labute approximate surface area is 109 Å². The molecule has 5 heteroatoms. The van der Waals surface area contributed by atoms with E-state index in [4.69, 9.17) is 14.9 Å². The molecule has 0 spiro atoms. The van der Waals surface area contributed by atoms with Gasteiger partial charge in [-0.3, -0.25) is 0 Å². The first-order valence-electron chi connectivity index (χ1n) is 5.57. The molecule has 1 aromatic rings. The van der Waals surface area contributed by atoms with Crippen molar-refractivity contribution in [3.05, 3.63) is 47.0 Å². The molecule has 2 rings (SSSR count). The highest BCUT2D eigenvalue weighted by Crippen LogP contribution is 2.33. The monoisotopic (exact) mass is 260 g/mol. The topological polar surface area (TPSA) is 83.8 Å². The van der Waals surface area contributed by atoms with E-state index in [9.17, 15) is 9.59 Å². The van der Waals surface area contributed by atoms with Crippen LogP contribution < -0.4 is 0 Å². The number of ether oxygens (including phenoxy) is 1. The molecule has 0 bridgehead atoms. The molecule has 98 valence electrons. The largest absolute Gasteiger partial charge is 0.477 e. The zero-order chi connectivity index (χ0) is 14.0. The molecule has 0 aliphatic heterocycles. The van der Waals surface area contributed by atoms with Crippen molar-refractivity contribution in [2.75, 3.05) is 7.11 Å². The van der Waals surface area contributed by atoms with Gasteiger partial charge in [-0.25, -0.2) is 9.59 Å². The van der Waals surface area contributed by atoms with Crippen molar-refractivity contribution in [3.63, 3.8) is 0 Å². The van der Waals surface area contributed by atoms with Gasteiger partial charge in [0, 0.05) is 12.7 Å². The number of carbonyl (C=O) groups is 2. The van der Waals surface area contributed by atoms with E-state index in [1.54, 1.807) is 36.4 Å². The lowest BCUT2D eigenvalue weighted by atomic mass is 9.87. The summed E-state index contributed by atoms with van der Waals surface area (Å²) in [6.07, 6.45) is 2.75. The maximum absolute atomic E-state index is 11.2. The van der Waals surface area contributed by atoms with Gasteiger partial charge in [0.05, 0.1) is 0 Å². The van der Waals surface area contributed by atoms with E-state index in [2.05, 4.69) is 0 Å². The van der Waals surface area contributed by atoms with Crippen LogP contribution in [0, 0.1) is 0 Å². The summed E-state index contributed by atoms with van der Waals surface area (Å²) >= 11 is 0. The lowest BCUT2D eigenvalue weighted by Crippen LogP contribution is -2.22. The molecule has 0 saturated heterocycles. The Hall–Kier alpha value is -2.40. The molecule has 0 aromatic heterocycles. The number of carboxylic acids is 2. The molecule has 19 heavy (non-hydrogen) atoms. The normalized spacial score (nSPS) is 16.9. The van der Waals surface area contributed by atoms with Gasteiger partial charge >= 0.3 is 11.9 Å². The predicted octanol–water partition coefficient (Wildman–Crippen LogP) is 1.65. The fourth-order valence-electron chi connectivity index (χ4n) is 2.12. The first-order valence-corrected chi connectivity index (χ1v) is 5.57. The number of aliphatic carboxylic acids is 2. The average molecular weight is 260 g/mol. The van der Waals surface area contributed by atoms with E-state index < -0.39 is 23.6 Å². The van der Waals surface area contributed by atoms with E-state index in [1.165, 1.54) is 7.11 Å². The molecule has 1 aliphatic rings. The number of fused-ring (bicyclic) bond motifs is 1. The Bertz CT molecular complexity index is 582. The van der Waals surface area contributed by atoms with Crippen molar-refractivity contribution in [1.29, 1.82) is 0 Å². The van der Waals surface area contributed by atoms with Gasteiger partial charge in [-0.15, -0.1) is 0 Å². The quantitative estimate of drug-likeness (QED) is 0.490. The molecule has 5 nitrogen and oxygen atoms in total. The second kappa shape index (κ2) is 5.07. The van der Waals surface area contributed by atoms with Crippen LogP contribution in [-0.2, 0) is 14.3 Å². The maximum atomic E-state index is 11.2. The van der Waals surface area contributed by atoms with Crippen molar-refractivity contribution in [2.45, 2.75) is 6.10 Å². The van der Waals surface area contributed by atoms with E-state index in [-0.39, 0.29) is 5.57 Å². The van der Waals surface area contributed by atoms with Gasteiger partial charge in [-0.1, -0.05) is 36.4 Å². The SMILES string of the molecule is COC1C=Cc2ccccc2C1=C(C(=O)O)C(=O)O. The van der Waals surface area contributed by atoms with Crippen LogP contribution in [0.5, 0.6) is 0 Å². The van der Waals surface area contributed by atoms with Gasteiger partial charge < -0.3 is 14.9 Å². The number of benzene rings is 1. The summed E-state index contributed by atoms with van der Waals surface area (Å²) in [5, 5.41) is 18.2. The van der Waals surface area contributed by atoms with E-state index in [0.29, 0.717) is 5.56 Å². The highest BCUT2D eigenvalue weighted by atomic mass is 16.5. The third-order valence-electron chi connectivity index (χ3n) is 2.94. The molecule has 0 fully saturated rings. The average Bonchev–Trinajstić information content (AvgIpc) is 2.38. The molecule has 1 aromatic carbocycles. The third-order valence-corrected chi connectivity index (χ3v) is 2.94. The van der Waals surface area contributed by atoms with Crippen LogP contribution in [0.3, 0.4) is 0 Å². The summed E-state index contributed by atoms with van der Waals surface area (Å²) < 4.78 is 5.17. The predicted molar refractivity (Wildman–Crippen MR) is 68.5 cm³/mol. The van der Waals surface area contributed by atoms with Gasteiger partial charge in [0.25, 0.3) is 0 Å². The first-order chi connectivity index (χ1) is 9.06. The molecular formula is C14H12O5. The Morgan fingerprint density at radius 3 is 2.37 bits per heavy atom. The van der Waals surface area contributed by atoms with Crippen LogP contribution in [0.15, 0.2) is 35.9 Å². The van der Waals surface area contributed by atoms with Gasteiger partial charge in [0.15, 0.2) is 5.57 Å². The molecule has 1 atom stereocenters. The smallest absolute Gasteiger partial charge is 0.343 e. The summed E-state index contributed by atoms with van der Waals surface area (Å²) in [6.45, 7) is 0. The number of rotatable bonds is 3. The summed E-state index contributed by atoms with van der Waals surface area (Å²) in [7, 11) is 1.41. The molecule has 2 N–H and O–H groups in total.